The maximum atomic E-state index is 12.5. The van der Waals surface area contributed by atoms with Crippen LogP contribution in [0.4, 0.5) is 0 Å². The highest BCUT2D eigenvalue weighted by molar-refractivity contribution is 5.87. The number of likely N-dealkylation sites (N-methyl/N-ethyl adjacent to an activating group) is 1. The molecule has 0 saturated heterocycles. The van der Waals surface area contributed by atoms with Gasteiger partial charge in [-0.1, -0.05) is 67.6 Å². The molecule has 0 fully saturated rings. The topological polar surface area (TPSA) is 49.4 Å². The zero-order valence-corrected chi connectivity index (χ0v) is 14.2. The van der Waals surface area contributed by atoms with Crippen molar-refractivity contribution < 1.29 is 9.59 Å². The maximum Gasteiger partial charge on any atom is 0.242 e. The van der Waals surface area contributed by atoms with Crippen molar-refractivity contribution in [1.82, 2.24) is 10.2 Å². The molecule has 126 valence electrons. The van der Waals surface area contributed by atoms with Gasteiger partial charge in [-0.05, 0) is 11.1 Å². The fourth-order valence-corrected chi connectivity index (χ4v) is 2.70. The second-order valence-electron chi connectivity index (χ2n) is 5.68. The van der Waals surface area contributed by atoms with E-state index >= 15 is 0 Å². The van der Waals surface area contributed by atoms with Crippen LogP contribution in [0.1, 0.15) is 24.5 Å². The second-order valence-corrected chi connectivity index (χ2v) is 5.68. The van der Waals surface area contributed by atoms with E-state index in [1.54, 1.807) is 11.9 Å². The maximum absolute atomic E-state index is 12.5. The lowest BCUT2D eigenvalue weighted by molar-refractivity contribution is -0.140. The number of hydrogen-bond acceptors (Lipinski definition) is 2. The molecule has 0 spiro atoms. The van der Waals surface area contributed by atoms with Gasteiger partial charge in [-0.25, -0.2) is 0 Å². The Hall–Kier alpha value is -2.62. The van der Waals surface area contributed by atoms with E-state index in [2.05, 4.69) is 5.32 Å². The second kappa shape index (κ2) is 8.87. The van der Waals surface area contributed by atoms with E-state index < -0.39 is 6.04 Å². The van der Waals surface area contributed by atoms with Crippen LogP contribution in [-0.4, -0.2) is 29.8 Å². The molecule has 4 nitrogen and oxygen atoms in total. The quantitative estimate of drug-likeness (QED) is 0.851. The number of amides is 2. The van der Waals surface area contributed by atoms with Crippen molar-refractivity contribution in [2.24, 2.45) is 0 Å². The summed E-state index contributed by atoms with van der Waals surface area (Å²) in [7, 11) is 1.61. The average Bonchev–Trinajstić information content (AvgIpc) is 2.65. The molecule has 2 aromatic carbocycles. The van der Waals surface area contributed by atoms with Gasteiger partial charge in [0.15, 0.2) is 0 Å². The molecular formula is C20H24N2O2. The first-order valence-electron chi connectivity index (χ1n) is 8.24. The highest BCUT2D eigenvalue weighted by atomic mass is 16.2. The van der Waals surface area contributed by atoms with Crippen molar-refractivity contribution in [1.29, 1.82) is 0 Å². The van der Waals surface area contributed by atoms with Gasteiger partial charge in [0.1, 0.15) is 6.04 Å². The molecule has 0 aliphatic rings. The minimum absolute atomic E-state index is 0.0246. The smallest absolute Gasteiger partial charge is 0.242 e. The van der Waals surface area contributed by atoms with Crippen LogP contribution in [0.5, 0.6) is 0 Å². The summed E-state index contributed by atoms with van der Waals surface area (Å²) < 4.78 is 0. The van der Waals surface area contributed by atoms with Crippen molar-refractivity contribution in [3.63, 3.8) is 0 Å². The van der Waals surface area contributed by atoms with Crippen LogP contribution in [0.15, 0.2) is 60.7 Å². The van der Waals surface area contributed by atoms with Gasteiger partial charge in [0, 0.05) is 26.4 Å². The highest BCUT2D eigenvalue weighted by Gasteiger charge is 2.28. The van der Waals surface area contributed by atoms with E-state index in [1.165, 1.54) is 0 Å². The minimum Gasteiger partial charge on any atom is -0.357 e. The van der Waals surface area contributed by atoms with Gasteiger partial charge in [0.2, 0.25) is 11.8 Å². The van der Waals surface area contributed by atoms with Gasteiger partial charge in [-0.15, -0.1) is 0 Å². The molecule has 0 aliphatic heterocycles. The summed E-state index contributed by atoms with van der Waals surface area (Å²) in [5.74, 6) is -0.167. The van der Waals surface area contributed by atoms with Gasteiger partial charge < -0.3 is 10.2 Å². The van der Waals surface area contributed by atoms with Gasteiger partial charge in [-0.3, -0.25) is 9.59 Å². The Morgan fingerprint density at radius 3 is 2.00 bits per heavy atom. The van der Waals surface area contributed by atoms with Gasteiger partial charge in [0.25, 0.3) is 0 Å². The number of benzene rings is 2. The standard InChI is InChI=1S/C20H24N2O2/c1-3-19(23)22(15-17-12-8-5-9-13-17)18(20(24)21-2)14-16-10-6-4-7-11-16/h4-13,18H,3,14-15H2,1-2H3,(H,21,24). The number of nitrogens with zero attached hydrogens (tertiary/aromatic N) is 1. The largest absolute Gasteiger partial charge is 0.357 e. The molecule has 0 saturated carbocycles. The van der Waals surface area contributed by atoms with Crippen LogP contribution in [0, 0.1) is 0 Å². The lowest BCUT2D eigenvalue weighted by Crippen LogP contribution is -2.49. The third-order valence-corrected chi connectivity index (χ3v) is 4.02. The van der Waals surface area contributed by atoms with Gasteiger partial charge >= 0.3 is 0 Å². The first kappa shape index (κ1) is 17.7. The lowest BCUT2D eigenvalue weighted by atomic mass is 10.0. The van der Waals surface area contributed by atoms with Crippen LogP contribution >= 0.6 is 0 Å². The highest BCUT2D eigenvalue weighted by Crippen LogP contribution is 2.15. The van der Waals surface area contributed by atoms with E-state index in [-0.39, 0.29) is 11.8 Å². The van der Waals surface area contributed by atoms with E-state index in [1.807, 2.05) is 67.6 Å². The monoisotopic (exact) mass is 324 g/mol. The molecule has 0 bridgehead atoms. The minimum atomic E-state index is -0.523. The molecule has 0 aliphatic carbocycles. The summed E-state index contributed by atoms with van der Waals surface area (Å²) in [5.41, 5.74) is 2.05. The molecule has 1 N–H and O–H groups in total. The zero-order valence-electron chi connectivity index (χ0n) is 14.2. The molecule has 0 aromatic heterocycles. The van der Waals surface area contributed by atoms with Crippen LogP contribution in [0.2, 0.25) is 0 Å². The third-order valence-electron chi connectivity index (χ3n) is 4.02. The number of nitrogens with one attached hydrogen (secondary N) is 1. The van der Waals surface area contributed by atoms with Crippen molar-refractivity contribution >= 4 is 11.8 Å². The molecule has 2 rings (SSSR count). The molecule has 2 amide bonds. The first-order valence-corrected chi connectivity index (χ1v) is 8.24. The number of carbonyl (C=O) groups is 2. The van der Waals surface area contributed by atoms with Crippen LogP contribution < -0.4 is 5.32 Å². The summed E-state index contributed by atoms with van der Waals surface area (Å²) in [6.07, 6.45) is 0.869. The van der Waals surface area contributed by atoms with Crippen molar-refractivity contribution in [2.75, 3.05) is 7.05 Å². The number of rotatable bonds is 7. The third kappa shape index (κ3) is 4.69. The Morgan fingerprint density at radius 1 is 0.958 bits per heavy atom. The van der Waals surface area contributed by atoms with E-state index in [9.17, 15) is 9.59 Å². The lowest BCUT2D eigenvalue weighted by Gasteiger charge is -2.31. The molecule has 4 heteroatoms. The fourth-order valence-electron chi connectivity index (χ4n) is 2.70. The SMILES string of the molecule is CCC(=O)N(Cc1ccccc1)C(Cc1ccccc1)C(=O)NC. The average molecular weight is 324 g/mol. The van der Waals surface area contributed by atoms with E-state index in [0.717, 1.165) is 11.1 Å². The van der Waals surface area contributed by atoms with Crippen LogP contribution in [-0.2, 0) is 22.6 Å². The summed E-state index contributed by atoms with van der Waals surface area (Å²) in [6, 6.07) is 19.0. The molecule has 1 unspecified atom stereocenters. The van der Waals surface area contributed by atoms with Crippen molar-refractivity contribution in [2.45, 2.75) is 32.4 Å². The number of carbonyl (C=O) groups excluding carboxylic acids is 2. The molecule has 24 heavy (non-hydrogen) atoms. The molecule has 0 radical (unpaired) electrons. The first-order chi connectivity index (χ1) is 11.7. The molecular weight excluding hydrogens is 300 g/mol. The van der Waals surface area contributed by atoms with Gasteiger partial charge in [0.05, 0.1) is 0 Å². The number of hydrogen-bond donors (Lipinski definition) is 1. The fraction of sp³-hybridized carbons (Fsp3) is 0.300. The van der Waals surface area contributed by atoms with Gasteiger partial charge in [-0.2, -0.15) is 0 Å². The molecule has 0 heterocycles. The van der Waals surface area contributed by atoms with E-state index in [4.69, 9.17) is 0 Å². The van der Waals surface area contributed by atoms with Crippen LogP contribution in [0.3, 0.4) is 0 Å². The summed E-state index contributed by atoms with van der Waals surface area (Å²) in [6.45, 7) is 2.25. The Kier molecular flexibility index (Phi) is 6.55. The summed E-state index contributed by atoms with van der Waals surface area (Å²) in [4.78, 5) is 26.7. The normalized spacial score (nSPS) is 11.6. The van der Waals surface area contributed by atoms with Crippen molar-refractivity contribution in [3.05, 3.63) is 71.8 Å². The summed E-state index contributed by atoms with van der Waals surface area (Å²) in [5, 5.41) is 2.70. The Labute approximate surface area is 143 Å². The van der Waals surface area contributed by atoms with Crippen molar-refractivity contribution in [3.8, 4) is 0 Å². The Morgan fingerprint density at radius 2 is 1.50 bits per heavy atom. The predicted octanol–water partition coefficient (Wildman–Crippen LogP) is 2.78. The zero-order chi connectivity index (χ0) is 17.4. The molecule has 1 atom stereocenters. The van der Waals surface area contributed by atoms with E-state index in [0.29, 0.717) is 19.4 Å². The summed E-state index contributed by atoms with van der Waals surface area (Å²) >= 11 is 0. The predicted molar refractivity (Wildman–Crippen MR) is 95.3 cm³/mol. The Balaban J connectivity index is 2.29. The Bertz CT molecular complexity index is 596. The van der Waals surface area contributed by atoms with Crippen LogP contribution in [0.25, 0.3) is 0 Å². The molecule has 2 aromatic rings.